The molecule has 0 spiro atoms. The summed E-state index contributed by atoms with van der Waals surface area (Å²) in [5, 5.41) is 14.0. The fourth-order valence-corrected chi connectivity index (χ4v) is 3.04. The van der Waals surface area contributed by atoms with Gasteiger partial charge in [0.05, 0.1) is 0 Å². The van der Waals surface area contributed by atoms with E-state index in [0.29, 0.717) is 28.6 Å². The van der Waals surface area contributed by atoms with Gasteiger partial charge in [-0.25, -0.2) is 0 Å². The minimum Gasteiger partial charge on any atom is -0.330 e. The Bertz CT molecular complexity index is 843. The van der Waals surface area contributed by atoms with Gasteiger partial charge in [0.1, 0.15) is 10.7 Å². The zero-order valence-corrected chi connectivity index (χ0v) is 13.3. The molecule has 0 aliphatic heterocycles. The number of hydrogen-bond donors (Lipinski definition) is 1. The highest BCUT2D eigenvalue weighted by Gasteiger charge is 2.12. The van der Waals surface area contributed by atoms with E-state index in [1.165, 1.54) is 15.9 Å². The molecule has 0 fully saturated rings. The van der Waals surface area contributed by atoms with Crippen molar-refractivity contribution in [2.24, 2.45) is 5.73 Å². The van der Waals surface area contributed by atoms with Crippen molar-refractivity contribution in [3.8, 4) is 0 Å². The van der Waals surface area contributed by atoms with Crippen LogP contribution >= 0.6 is 22.9 Å². The third kappa shape index (κ3) is 3.16. The Balaban J connectivity index is 1.92. The quantitative estimate of drug-likeness (QED) is 0.766. The molecule has 3 aromatic rings. The van der Waals surface area contributed by atoms with E-state index in [1.54, 1.807) is 12.1 Å². The third-order valence-electron chi connectivity index (χ3n) is 3.18. The average molecular weight is 336 g/mol. The topological polar surface area (TPSA) is 86.2 Å². The van der Waals surface area contributed by atoms with Crippen LogP contribution in [0, 0.1) is 0 Å². The van der Waals surface area contributed by atoms with Crippen molar-refractivity contribution in [3.05, 3.63) is 55.9 Å². The fraction of sp³-hybridized carbons (Fsp3) is 0.286. The summed E-state index contributed by atoms with van der Waals surface area (Å²) >= 11 is 7.23. The molecule has 1 aromatic carbocycles. The predicted molar refractivity (Wildman–Crippen MR) is 86.6 cm³/mol. The van der Waals surface area contributed by atoms with Gasteiger partial charge in [-0.05, 0) is 30.7 Å². The Morgan fingerprint density at radius 1 is 1.23 bits per heavy atom. The summed E-state index contributed by atoms with van der Waals surface area (Å²) in [4.78, 5) is 13.0. The number of benzene rings is 1. The lowest BCUT2D eigenvalue weighted by molar-refractivity contribution is 0.763. The first-order valence-corrected chi connectivity index (χ1v) is 8.05. The van der Waals surface area contributed by atoms with Gasteiger partial charge in [-0.15, -0.1) is 10.2 Å². The second kappa shape index (κ2) is 6.51. The molecule has 0 radical (unpaired) electrons. The Morgan fingerprint density at radius 2 is 2.00 bits per heavy atom. The van der Waals surface area contributed by atoms with Crippen molar-refractivity contribution >= 4 is 27.9 Å². The highest BCUT2D eigenvalue weighted by atomic mass is 35.5. The Kier molecular flexibility index (Phi) is 4.47. The van der Waals surface area contributed by atoms with Crippen LogP contribution in [0.5, 0.6) is 0 Å². The van der Waals surface area contributed by atoms with Crippen molar-refractivity contribution in [2.75, 3.05) is 6.54 Å². The molecule has 3 rings (SSSR count). The highest BCUT2D eigenvalue weighted by molar-refractivity contribution is 7.16. The normalized spacial score (nSPS) is 11.2. The van der Waals surface area contributed by atoms with Crippen LogP contribution in [0.3, 0.4) is 0 Å². The molecule has 0 unspecified atom stereocenters. The van der Waals surface area contributed by atoms with Crippen LogP contribution in [0.4, 0.5) is 0 Å². The molecule has 2 N–H and O–H groups in total. The maximum atomic E-state index is 12.4. The second-order valence-corrected chi connectivity index (χ2v) is 6.31. The molecule has 114 valence electrons. The van der Waals surface area contributed by atoms with Gasteiger partial charge in [0.15, 0.2) is 0 Å². The van der Waals surface area contributed by atoms with E-state index in [2.05, 4.69) is 15.3 Å². The van der Waals surface area contributed by atoms with E-state index in [-0.39, 0.29) is 5.56 Å². The van der Waals surface area contributed by atoms with Crippen LogP contribution in [0.15, 0.2) is 29.1 Å². The van der Waals surface area contributed by atoms with E-state index >= 15 is 0 Å². The maximum absolute atomic E-state index is 12.4. The lowest BCUT2D eigenvalue weighted by Gasteiger charge is -2.00. The Morgan fingerprint density at radius 3 is 2.73 bits per heavy atom. The van der Waals surface area contributed by atoms with Gasteiger partial charge in [-0.1, -0.05) is 35.1 Å². The Hall–Kier alpha value is -1.83. The molecular formula is C14H14ClN5OS. The zero-order valence-electron chi connectivity index (χ0n) is 11.7. The minimum absolute atomic E-state index is 0.227. The number of nitrogens with zero attached hydrogens (tertiary/aromatic N) is 4. The van der Waals surface area contributed by atoms with Crippen molar-refractivity contribution in [3.63, 3.8) is 0 Å². The first-order valence-electron chi connectivity index (χ1n) is 6.86. The van der Waals surface area contributed by atoms with Crippen LogP contribution < -0.4 is 11.3 Å². The van der Waals surface area contributed by atoms with E-state index < -0.39 is 0 Å². The van der Waals surface area contributed by atoms with Gasteiger partial charge < -0.3 is 5.73 Å². The smallest absolute Gasteiger partial charge is 0.297 e. The third-order valence-corrected chi connectivity index (χ3v) is 4.39. The lowest BCUT2D eigenvalue weighted by atomic mass is 10.1. The average Bonchev–Trinajstić information content (AvgIpc) is 2.94. The molecule has 0 amide bonds. The van der Waals surface area contributed by atoms with Crippen molar-refractivity contribution in [1.82, 2.24) is 19.8 Å². The number of nitrogens with two attached hydrogens (primary N) is 1. The molecule has 0 saturated carbocycles. The highest BCUT2D eigenvalue weighted by Crippen LogP contribution is 2.14. The molecular weight excluding hydrogens is 322 g/mol. The van der Waals surface area contributed by atoms with Gasteiger partial charge in [-0.3, -0.25) is 4.79 Å². The van der Waals surface area contributed by atoms with Gasteiger partial charge in [0.25, 0.3) is 5.56 Å². The Labute approximate surface area is 135 Å². The summed E-state index contributed by atoms with van der Waals surface area (Å²) in [5.41, 5.74) is 6.59. The lowest BCUT2D eigenvalue weighted by Crippen LogP contribution is -2.22. The summed E-state index contributed by atoms with van der Waals surface area (Å²) in [6.07, 6.45) is 1.98. The largest absolute Gasteiger partial charge is 0.330 e. The second-order valence-electron chi connectivity index (χ2n) is 4.84. The van der Waals surface area contributed by atoms with Crippen molar-refractivity contribution in [2.45, 2.75) is 19.3 Å². The molecule has 2 heterocycles. The summed E-state index contributed by atoms with van der Waals surface area (Å²) in [6, 6.07) is 7.31. The van der Waals surface area contributed by atoms with Crippen molar-refractivity contribution in [1.29, 1.82) is 0 Å². The van der Waals surface area contributed by atoms with Crippen LogP contribution in [-0.2, 0) is 12.8 Å². The number of rotatable bonds is 5. The number of halogens is 1. The SMILES string of the molecule is NCCCc1nn2c(=O)c(Cc3ccc(Cl)cc3)nnc2s1. The zero-order chi connectivity index (χ0) is 15.5. The molecule has 0 atom stereocenters. The molecule has 8 heteroatoms. The van der Waals surface area contributed by atoms with Gasteiger partial charge in [-0.2, -0.15) is 9.61 Å². The van der Waals surface area contributed by atoms with Crippen LogP contribution in [0.2, 0.25) is 5.02 Å². The number of hydrogen-bond acceptors (Lipinski definition) is 6. The van der Waals surface area contributed by atoms with Crippen LogP contribution in [-0.4, -0.2) is 26.4 Å². The van der Waals surface area contributed by atoms with Gasteiger partial charge in [0, 0.05) is 17.9 Å². The first kappa shape index (κ1) is 15.1. The van der Waals surface area contributed by atoms with Gasteiger partial charge in [0.2, 0.25) is 4.96 Å². The summed E-state index contributed by atoms with van der Waals surface area (Å²) in [6.45, 7) is 0.596. The number of aromatic nitrogens is 4. The van der Waals surface area contributed by atoms with E-state index in [1.807, 2.05) is 12.1 Å². The minimum atomic E-state index is -0.227. The first-order chi connectivity index (χ1) is 10.7. The number of fused-ring (bicyclic) bond motifs is 1. The summed E-state index contributed by atoms with van der Waals surface area (Å²) in [5.74, 6) is 0. The molecule has 22 heavy (non-hydrogen) atoms. The maximum Gasteiger partial charge on any atom is 0.297 e. The monoisotopic (exact) mass is 335 g/mol. The molecule has 0 bridgehead atoms. The number of aryl methyl sites for hydroxylation is 1. The summed E-state index contributed by atoms with van der Waals surface area (Å²) < 4.78 is 1.33. The fourth-order valence-electron chi connectivity index (χ4n) is 2.05. The van der Waals surface area contributed by atoms with Crippen LogP contribution in [0.25, 0.3) is 4.96 Å². The molecule has 0 aliphatic rings. The molecule has 6 nitrogen and oxygen atoms in total. The van der Waals surface area contributed by atoms with E-state index in [9.17, 15) is 4.79 Å². The molecule has 0 aliphatic carbocycles. The van der Waals surface area contributed by atoms with Crippen LogP contribution in [0.1, 0.15) is 22.7 Å². The predicted octanol–water partition coefficient (Wildman–Crippen LogP) is 1.68. The summed E-state index contributed by atoms with van der Waals surface area (Å²) in [7, 11) is 0. The molecule has 2 aromatic heterocycles. The molecule has 0 saturated heterocycles. The standard InChI is InChI=1S/C14H14ClN5OS/c15-10-5-3-9(4-6-10)8-11-13(21)20-14(18-17-11)22-12(19-20)2-1-7-16/h3-6H,1-2,7-8,16H2. The van der Waals surface area contributed by atoms with E-state index in [4.69, 9.17) is 17.3 Å². The van der Waals surface area contributed by atoms with E-state index in [0.717, 1.165) is 23.4 Å². The van der Waals surface area contributed by atoms with Crippen molar-refractivity contribution < 1.29 is 0 Å². The van der Waals surface area contributed by atoms with Gasteiger partial charge >= 0.3 is 0 Å².